The van der Waals surface area contributed by atoms with Crippen LogP contribution < -0.4 is 15.5 Å². The number of piperazine rings is 1. The van der Waals surface area contributed by atoms with Gasteiger partial charge in [-0.15, -0.1) is 0 Å². The smallest absolute Gasteiger partial charge is 0.380 e. The first kappa shape index (κ1) is 19.5. The maximum Gasteiger partial charge on any atom is 0.501 e. The van der Waals surface area contributed by atoms with Crippen molar-refractivity contribution in [1.29, 1.82) is 0 Å². The van der Waals surface area contributed by atoms with Crippen molar-refractivity contribution < 1.29 is 21.6 Å². The van der Waals surface area contributed by atoms with Gasteiger partial charge in [0.25, 0.3) is 9.84 Å². The van der Waals surface area contributed by atoms with Gasteiger partial charge in [-0.2, -0.15) is 13.2 Å². The summed E-state index contributed by atoms with van der Waals surface area (Å²) >= 11 is 0. The van der Waals surface area contributed by atoms with E-state index in [2.05, 4.69) is 10.6 Å². The minimum Gasteiger partial charge on any atom is -0.380 e. The summed E-state index contributed by atoms with van der Waals surface area (Å²) in [7, 11) is -5.46. The Morgan fingerprint density at radius 2 is 1.70 bits per heavy atom. The lowest BCUT2D eigenvalue weighted by Crippen LogP contribution is -2.40. The zero-order valence-electron chi connectivity index (χ0n) is 14.4. The summed E-state index contributed by atoms with van der Waals surface area (Å²) < 4.78 is 63.2. The van der Waals surface area contributed by atoms with Gasteiger partial charge in [0.2, 0.25) is 0 Å². The van der Waals surface area contributed by atoms with Gasteiger partial charge in [-0.3, -0.25) is 0 Å². The normalized spacial score (nSPS) is 15.6. The molecule has 2 aromatic rings. The van der Waals surface area contributed by atoms with E-state index in [-0.39, 0.29) is 12.2 Å². The first-order valence-corrected chi connectivity index (χ1v) is 9.89. The van der Waals surface area contributed by atoms with Gasteiger partial charge < -0.3 is 10.2 Å². The summed E-state index contributed by atoms with van der Waals surface area (Å²) in [6.07, 6.45) is 0. The molecule has 0 aromatic heterocycles. The summed E-state index contributed by atoms with van der Waals surface area (Å²) in [4.78, 5) is 1.21. The van der Waals surface area contributed by atoms with Gasteiger partial charge in [-0.1, -0.05) is 30.3 Å². The van der Waals surface area contributed by atoms with Crippen LogP contribution in [0.1, 0.15) is 5.56 Å². The molecule has 9 heteroatoms. The Morgan fingerprint density at radius 3 is 2.33 bits per heavy atom. The monoisotopic (exact) mass is 398 g/mol. The van der Waals surface area contributed by atoms with Crippen LogP contribution >= 0.6 is 0 Å². The fourth-order valence-corrected chi connectivity index (χ4v) is 3.79. The molecule has 0 spiro atoms. The number of nitrogens with one attached hydrogen (secondary N) is 1. The van der Waals surface area contributed by atoms with Crippen LogP contribution in [0, 0.1) is 0 Å². The Morgan fingerprint density at radius 1 is 1.04 bits per heavy atom. The predicted molar refractivity (Wildman–Crippen MR) is 97.5 cm³/mol. The molecule has 0 aliphatic carbocycles. The van der Waals surface area contributed by atoms with Crippen molar-refractivity contribution in [1.82, 2.24) is 5.32 Å². The van der Waals surface area contributed by atoms with E-state index in [9.17, 15) is 21.6 Å². The molecular formula is C18H19F3N3O2S. The molecule has 27 heavy (non-hydrogen) atoms. The molecule has 1 fully saturated rings. The Hall–Kier alpha value is -2.26. The van der Waals surface area contributed by atoms with Crippen LogP contribution in [0.5, 0.6) is 0 Å². The second-order valence-electron chi connectivity index (χ2n) is 6.13. The fraction of sp³-hybridized carbons (Fsp3) is 0.333. The second-order valence-corrected chi connectivity index (χ2v) is 8.04. The van der Waals surface area contributed by atoms with E-state index in [1.165, 1.54) is 12.1 Å². The maximum absolute atomic E-state index is 13.1. The first-order valence-electron chi connectivity index (χ1n) is 8.40. The zero-order chi connectivity index (χ0) is 19.5. The van der Waals surface area contributed by atoms with Crippen LogP contribution in [0.15, 0.2) is 53.4 Å². The standard InChI is InChI=1S/C18H19F3N3O2S/c19-18(20,21)27(25,26)17-7-6-15(24-10-8-22-9-11-24)12-16(17)23-13-14-4-2-1-3-5-14/h1-7,12,23H,8-11,13H2. The lowest BCUT2D eigenvalue weighted by atomic mass is 10.2. The quantitative estimate of drug-likeness (QED) is 0.841. The highest BCUT2D eigenvalue weighted by molar-refractivity contribution is 7.92. The molecule has 5 nitrogen and oxygen atoms in total. The molecule has 1 heterocycles. The minimum absolute atomic E-state index is 0.0591. The van der Waals surface area contributed by atoms with E-state index in [4.69, 9.17) is 0 Å². The average molecular weight is 398 g/mol. The van der Waals surface area contributed by atoms with E-state index in [0.717, 1.165) is 11.6 Å². The molecule has 0 bridgehead atoms. The van der Waals surface area contributed by atoms with Crippen molar-refractivity contribution in [2.75, 3.05) is 36.4 Å². The van der Waals surface area contributed by atoms with Crippen molar-refractivity contribution in [3.63, 3.8) is 0 Å². The number of nitrogens with zero attached hydrogens (tertiary/aromatic N) is 2. The molecule has 0 amide bonds. The molecule has 0 atom stereocenters. The SMILES string of the molecule is O=S(=O)(c1ccc(N2CC[N]CC2)cc1NCc1ccccc1)C(F)(F)F. The van der Waals surface area contributed by atoms with Crippen molar-refractivity contribution in [2.24, 2.45) is 0 Å². The second kappa shape index (κ2) is 7.77. The maximum atomic E-state index is 13.1. The molecule has 1 aliphatic heterocycles. The Bertz CT molecular complexity index is 880. The first-order chi connectivity index (χ1) is 12.8. The fourth-order valence-electron chi connectivity index (χ4n) is 2.87. The van der Waals surface area contributed by atoms with Gasteiger partial charge in [0.15, 0.2) is 0 Å². The van der Waals surface area contributed by atoms with Gasteiger partial charge >= 0.3 is 5.51 Å². The molecule has 0 saturated carbocycles. The molecule has 145 valence electrons. The number of sulfone groups is 1. The number of hydrogen-bond donors (Lipinski definition) is 1. The summed E-state index contributed by atoms with van der Waals surface area (Å²) in [5.41, 5.74) is -3.92. The van der Waals surface area contributed by atoms with Crippen LogP contribution in [-0.2, 0) is 16.4 Å². The van der Waals surface area contributed by atoms with Crippen molar-refractivity contribution in [3.8, 4) is 0 Å². The van der Waals surface area contributed by atoms with Crippen LogP contribution in [0.2, 0.25) is 0 Å². The van der Waals surface area contributed by atoms with Crippen molar-refractivity contribution in [3.05, 3.63) is 54.1 Å². The number of hydrogen-bond acceptors (Lipinski definition) is 4. The minimum atomic E-state index is -5.46. The third-order valence-electron chi connectivity index (χ3n) is 4.30. The molecule has 0 unspecified atom stereocenters. The van der Waals surface area contributed by atoms with E-state index >= 15 is 0 Å². The Kier molecular flexibility index (Phi) is 5.61. The summed E-state index contributed by atoms with van der Waals surface area (Å²) in [5, 5.41) is 7.10. The molecule has 1 aliphatic rings. The highest BCUT2D eigenvalue weighted by atomic mass is 32.2. The summed E-state index contributed by atoms with van der Waals surface area (Å²) in [5.74, 6) is 0. The number of halogens is 3. The average Bonchev–Trinajstić information content (AvgIpc) is 2.67. The van der Waals surface area contributed by atoms with Gasteiger partial charge in [-0.05, 0) is 23.8 Å². The largest absolute Gasteiger partial charge is 0.501 e. The zero-order valence-corrected chi connectivity index (χ0v) is 15.2. The molecule has 2 aromatic carbocycles. The van der Waals surface area contributed by atoms with E-state index in [1.54, 1.807) is 24.3 Å². The Balaban J connectivity index is 1.96. The van der Waals surface area contributed by atoms with Crippen LogP contribution in [-0.4, -0.2) is 40.1 Å². The summed E-state index contributed by atoms with van der Waals surface area (Å²) in [6.45, 7) is 2.76. The predicted octanol–water partition coefficient (Wildman–Crippen LogP) is 3.02. The van der Waals surface area contributed by atoms with Crippen molar-refractivity contribution >= 4 is 21.2 Å². The van der Waals surface area contributed by atoms with E-state index < -0.39 is 20.2 Å². The van der Waals surface area contributed by atoms with E-state index in [0.29, 0.717) is 31.9 Å². The highest BCUT2D eigenvalue weighted by Gasteiger charge is 2.48. The number of benzene rings is 2. The number of alkyl halides is 3. The van der Waals surface area contributed by atoms with Gasteiger partial charge in [-0.25, -0.2) is 13.7 Å². The molecule has 1 saturated heterocycles. The Labute approximate surface area is 156 Å². The topological polar surface area (TPSA) is 63.5 Å². The lowest BCUT2D eigenvalue weighted by molar-refractivity contribution is -0.0435. The summed E-state index contributed by atoms with van der Waals surface area (Å²) in [6, 6.07) is 12.9. The highest BCUT2D eigenvalue weighted by Crippen LogP contribution is 2.36. The molecular weight excluding hydrogens is 379 g/mol. The third kappa shape index (κ3) is 4.36. The van der Waals surface area contributed by atoms with Crippen LogP contribution in [0.4, 0.5) is 24.5 Å². The number of rotatable bonds is 5. The molecule has 3 rings (SSSR count). The van der Waals surface area contributed by atoms with Gasteiger partial charge in [0.05, 0.1) is 10.6 Å². The van der Waals surface area contributed by atoms with Crippen molar-refractivity contribution in [2.45, 2.75) is 16.9 Å². The lowest BCUT2D eigenvalue weighted by Gasteiger charge is -2.29. The molecule has 1 N–H and O–H groups in total. The number of anilines is 2. The van der Waals surface area contributed by atoms with Crippen LogP contribution in [0.25, 0.3) is 0 Å². The third-order valence-corrected chi connectivity index (χ3v) is 5.85. The van der Waals surface area contributed by atoms with Crippen LogP contribution in [0.3, 0.4) is 0 Å². The van der Waals surface area contributed by atoms with E-state index in [1.807, 2.05) is 11.0 Å². The van der Waals surface area contributed by atoms with Gasteiger partial charge in [0.1, 0.15) is 0 Å². The van der Waals surface area contributed by atoms with Gasteiger partial charge in [0, 0.05) is 38.4 Å². The molecule has 1 radical (unpaired) electrons.